The number of benzene rings is 2. The molecule has 2 aromatic rings. The quantitative estimate of drug-likeness (QED) is 0.447. The molecule has 0 aromatic heterocycles. The third kappa shape index (κ3) is 3.78. The molecule has 0 saturated carbocycles. The van der Waals surface area contributed by atoms with Crippen LogP contribution in [-0.4, -0.2) is 24.0 Å². The topological polar surface area (TPSA) is 61.8 Å². The fourth-order valence-corrected chi connectivity index (χ4v) is 5.15. The predicted molar refractivity (Wildman–Crippen MR) is 129 cm³/mol. The minimum absolute atomic E-state index is 0.0114. The molecule has 2 aromatic carbocycles. The maximum Gasteiger partial charge on any atom is 0.316 e. The zero-order valence-electron chi connectivity index (χ0n) is 20.3. The van der Waals surface area contributed by atoms with Gasteiger partial charge in [0.25, 0.3) is 0 Å². The van der Waals surface area contributed by atoms with E-state index in [4.69, 9.17) is 14.2 Å². The Labute approximate surface area is 200 Å². The molecule has 0 amide bonds. The van der Waals surface area contributed by atoms with Crippen LogP contribution >= 0.6 is 0 Å². The molecule has 176 valence electrons. The molecular weight excluding hydrogens is 428 g/mol. The molecule has 0 radical (unpaired) electrons. The van der Waals surface area contributed by atoms with Crippen LogP contribution in [0.2, 0.25) is 0 Å². The highest BCUT2D eigenvalue weighted by Crippen LogP contribution is 2.53. The molecule has 0 N–H and O–H groups in total. The Morgan fingerprint density at radius 3 is 2.21 bits per heavy atom. The number of hydrogen-bond acceptors (Lipinski definition) is 5. The summed E-state index contributed by atoms with van der Waals surface area (Å²) in [4.78, 5) is 26.6. The van der Waals surface area contributed by atoms with E-state index >= 15 is 0 Å². The highest BCUT2D eigenvalue weighted by molar-refractivity contribution is 6.26. The molecule has 5 heteroatoms. The van der Waals surface area contributed by atoms with E-state index in [9.17, 15) is 9.59 Å². The van der Waals surface area contributed by atoms with E-state index in [1.807, 2.05) is 89.2 Å². The van der Waals surface area contributed by atoms with Gasteiger partial charge in [-0.05, 0) is 69.0 Å². The second-order valence-corrected chi connectivity index (χ2v) is 10.5. The number of ether oxygens (including phenoxy) is 3. The van der Waals surface area contributed by atoms with Crippen LogP contribution in [0, 0.1) is 31.1 Å². The Morgan fingerprint density at radius 1 is 0.971 bits per heavy atom. The number of ketones is 1. The van der Waals surface area contributed by atoms with Gasteiger partial charge in [-0.1, -0.05) is 42.5 Å². The number of allylic oxidation sites excluding steroid dienone is 1. The van der Waals surface area contributed by atoms with Crippen LogP contribution in [0.5, 0.6) is 5.75 Å². The van der Waals surface area contributed by atoms with Gasteiger partial charge in [-0.3, -0.25) is 9.59 Å². The van der Waals surface area contributed by atoms with Gasteiger partial charge in [0.05, 0.1) is 35.0 Å². The van der Waals surface area contributed by atoms with E-state index in [1.165, 1.54) is 0 Å². The Morgan fingerprint density at radius 2 is 1.59 bits per heavy atom. The van der Waals surface area contributed by atoms with E-state index < -0.39 is 5.41 Å². The van der Waals surface area contributed by atoms with Crippen molar-refractivity contribution in [3.05, 3.63) is 82.6 Å². The van der Waals surface area contributed by atoms with E-state index in [1.54, 1.807) is 0 Å². The van der Waals surface area contributed by atoms with E-state index in [-0.39, 0.29) is 35.8 Å². The lowest BCUT2D eigenvalue weighted by atomic mass is 9.84. The first-order chi connectivity index (χ1) is 16.1. The zero-order valence-corrected chi connectivity index (χ0v) is 20.3. The molecule has 3 aliphatic rings. The van der Waals surface area contributed by atoms with Crippen LogP contribution in [0.15, 0.2) is 60.4 Å². The third-order valence-corrected chi connectivity index (χ3v) is 6.82. The first-order valence-corrected chi connectivity index (χ1v) is 11.8. The lowest BCUT2D eigenvalue weighted by molar-refractivity contribution is -0.149. The van der Waals surface area contributed by atoms with Gasteiger partial charge in [0, 0.05) is 0 Å². The van der Waals surface area contributed by atoms with Crippen LogP contribution in [0.3, 0.4) is 0 Å². The average Bonchev–Trinajstić information content (AvgIpc) is 3.47. The molecule has 4 atom stereocenters. The molecular formula is C29H30O5. The van der Waals surface area contributed by atoms with E-state index in [2.05, 4.69) is 0 Å². The number of Topliss-reactive ketones (excluding diaryl/α,β-unsaturated/α-hetero) is 1. The Balaban J connectivity index is 1.53. The van der Waals surface area contributed by atoms with Crippen molar-refractivity contribution in [3.63, 3.8) is 0 Å². The summed E-state index contributed by atoms with van der Waals surface area (Å²) in [5, 5.41) is 0. The van der Waals surface area contributed by atoms with E-state index in [0.717, 1.165) is 28.0 Å². The summed E-state index contributed by atoms with van der Waals surface area (Å²) < 4.78 is 18.0. The Kier molecular flexibility index (Phi) is 5.48. The normalized spacial score (nSPS) is 25.1. The zero-order chi connectivity index (χ0) is 24.2. The van der Waals surface area contributed by atoms with Crippen molar-refractivity contribution in [2.75, 3.05) is 0 Å². The van der Waals surface area contributed by atoms with Gasteiger partial charge in [0.15, 0.2) is 5.78 Å². The second-order valence-electron chi connectivity index (χ2n) is 10.5. The van der Waals surface area contributed by atoms with Gasteiger partial charge in [-0.25, -0.2) is 0 Å². The van der Waals surface area contributed by atoms with Crippen molar-refractivity contribution < 1.29 is 23.8 Å². The largest absolute Gasteiger partial charge is 0.489 e. The summed E-state index contributed by atoms with van der Waals surface area (Å²) >= 11 is 0. The molecule has 1 saturated heterocycles. The highest BCUT2D eigenvalue weighted by Gasteiger charge is 2.58. The molecule has 5 rings (SSSR count). The SMILES string of the molecule is Cc1cc(OCc2ccccc2)cc(C)c1C1=C(OC(=O)C(C)(C)C)C2C(C1=O)[C@@H]1C=C[C@H]2O1. The number of aryl methyl sites for hydroxylation is 2. The Bertz CT molecular complexity index is 1190. The summed E-state index contributed by atoms with van der Waals surface area (Å²) in [7, 11) is 0. The van der Waals surface area contributed by atoms with Crippen LogP contribution < -0.4 is 4.74 Å². The predicted octanol–water partition coefficient (Wildman–Crippen LogP) is 5.34. The summed E-state index contributed by atoms with van der Waals surface area (Å²) in [5.74, 6) is 0.223. The summed E-state index contributed by atoms with van der Waals surface area (Å²) in [6.07, 6.45) is 3.43. The summed E-state index contributed by atoms with van der Waals surface area (Å²) in [6.45, 7) is 9.85. The second kappa shape index (κ2) is 8.24. The molecule has 2 bridgehead atoms. The third-order valence-electron chi connectivity index (χ3n) is 6.82. The van der Waals surface area contributed by atoms with Crippen molar-refractivity contribution >= 4 is 17.3 Å². The van der Waals surface area contributed by atoms with Gasteiger partial charge in [0.1, 0.15) is 18.1 Å². The number of fused-ring (bicyclic) bond motifs is 5. The number of rotatable bonds is 5. The van der Waals surface area contributed by atoms with Crippen molar-refractivity contribution in [2.24, 2.45) is 17.3 Å². The molecule has 1 aliphatic carbocycles. The summed E-state index contributed by atoms with van der Waals surface area (Å²) in [6, 6.07) is 13.9. The van der Waals surface area contributed by atoms with Crippen LogP contribution in [-0.2, 0) is 25.7 Å². The fraction of sp³-hybridized carbons (Fsp3) is 0.379. The first-order valence-electron chi connectivity index (χ1n) is 11.8. The van der Waals surface area contributed by atoms with E-state index in [0.29, 0.717) is 17.9 Å². The van der Waals surface area contributed by atoms with Crippen molar-refractivity contribution in [3.8, 4) is 5.75 Å². The summed E-state index contributed by atoms with van der Waals surface area (Å²) in [5.41, 5.74) is 3.56. The monoisotopic (exact) mass is 458 g/mol. The van der Waals surface area contributed by atoms with Gasteiger partial charge < -0.3 is 14.2 Å². The highest BCUT2D eigenvalue weighted by atomic mass is 16.5. The number of hydrogen-bond donors (Lipinski definition) is 0. The molecule has 5 nitrogen and oxygen atoms in total. The maximum absolute atomic E-state index is 13.7. The lowest BCUT2D eigenvalue weighted by Gasteiger charge is -2.23. The molecule has 1 fully saturated rings. The molecule has 2 heterocycles. The number of esters is 1. The minimum atomic E-state index is -0.688. The Hall–Kier alpha value is -3.18. The number of carbonyl (C=O) groups is 2. The maximum atomic E-state index is 13.7. The van der Waals surface area contributed by atoms with Crippen molar-refractivity contribution in [1.82, 2.24) is 0 Å². The van der Waals surface area contributed by atoms with Crippen molar-refractivity contribution in [2.45, 2.75) is 53.4 Å². The smallest absolute Gasteiger partial charge is 0.316 e. The molecule has 2 unspecified atom stereocenters. The molecule has 34 heavy (non-hydrogen) atoms. The average molecular weight is 459 g/mol. The lowest BCUT2D eigenvalue weighted by Crippen LogP contribution is -2.29. The van der Waals surface area contributed by atoms with Gasteiger partial charge in [-0.2, -0.15) is 0 Å². The van der Waals surface area contributed by atoms with Gasteiger partial charge in [0.2, 0.25) is 0 Å². The minimum Gasteiger partial charge on any atom is -0.489 e. The molecule has 0 spiro atoms. The standard InChI is InChI=1S/C29H30O5/c1-16-13-19(32-15-18-9-7-6-8-10-18)14-17(2)22(16)25-26(30)23-20-11-12-21(33-20)24(23)27(25)34-28(31)29(3,4)5/h6-14,20-21,23-24H,15H2,1-5H3/t20-,21+,23?,24?/m0/s1. The van der Waals surface area contributed by atoms with Gasteiger partial charge in [-0.15, -0.1) is 0 Å². The van der Waals surface area contributed by atoms with Crippen LogP contribution in [0.4, 0.5) is 0 Å². The fourth-order valence-electron chi connectivity index (χ4n) is 5.15. The van der Waals surface area contributed by atoms with Crippen LogP contribution in [0.1, 0.15) is 43.0 Å². The van der Waals surface area contributed by atoms with Gasteiger partial charge >= 0.3 is 5.97 Å². The first kappa shape index (κ1) is 22.6. The number of carbonyl (C=O) groups excluding carboxylic acids is 2. The van der Waals surface area contributed by atoms with Crippen molar-refractivity contribution in [1.29, 1.82) is 0 Å². The van der Waals surface area contributed by atoms with Crippen LogP contribution in [0.25, 0.3) is 5.57 Å². The molecule has 2 aliphatic heterocycles.